The lowest BCUT2D eigenvalue weighted by Crippen LogP contribution is -2.12. The molecule has 1 unspecified atom stereocenters. The molecule has 0 aliphatic carbocycles. The average Bonchev–Trinajstić information content (AvgIpc) is 2.77. The summed E-state index contributed by atoms with van der Waals surface area (Å²) in [7, 11) is 0. The van der Waals surface area contributed by atoms with E-state index in [0.717, 1.165) is 23.5 Å². The zero-order valence-corrected chi connectivity index (χ0v) is 7.47. The van der Waals surface area contributed by atoms with Crippen LogP contribution >= 0.6 is 11.8 Å². The maximum Gasteiger partial charge on any atom is 0.170 e. The van der Waals surface area contributed by atoms with Gasteiger partial charge in [-0.1, -0.05) is 0 Å². The van der Waals surface area contributed by atoms with Gasteiger partial charge in [0, 0.05) is 11.7 Å². The van der Waals surface area contributed by atoms with Gasteiger partial charge >= 0.3 is 0 Å². The number of rotatable bonds is 2. The Morgan fingerprint density at radius 3 is 3.17 bits per heavy atom. The standard InChI is InChI=1S/C9H10O2S/c10-9(7-1-3-11-5-7)8-2-4-12-6-8/h1,3,5,8H,2,4,6H2. The molecular formula is C9H10O2S. The summed E-state index contributed by atoms with van der Waals surface area (Å²) in [6, 6.07) is 1.74. The van der Waals surface area contributed by atoms with Crippen LogP contribution in [0.4, 0.5) is 0 Å². The van der Waals surface area contributed by atoms with Crippen molar-refractivity contribution in [2.45, 2.75) is 6.42 Å². The lowest BCUT2D eigenvalue weighted by atomic mass is 9.99. The van der Waals surface area contributed by atoms with Crippen molar-refractivity contribution >= 4 is 17.5 Å². The molecule has 1 atom stereocenters. The van der Waals surface area contributed by atoms with Crippen LogP contribution in [0, 0.1) is 5.92 Å². The van der Waals surface area contributed by atoms with Crippen LogP contribution in [0.5, 0.6) is 0 Å². The van der Waals surface area contributed by atoms with Gasteiger partial charge in [-0.15, -0.1) is 0 Å². The van der Waals surface area contributed by atoms with Crippen LogP contribution in [0.15, 0.2) is 23.0 Å². The van der Waals surface area contributed by atoms with Crippen LogP contribution in [0.1, 0.15) is 16.8 Å². The van der Waals surface area contributed by atoms with Crippen LogP contribution in [0.2, 0.25) is 0 Å². The second kappa shape index (κ2) is 3.35. The highest BCUT2D eigenvalue weighted by molar-refractivity contribution is 7.99. The molecule has 3 heteroatoms. The van der Waals surface area contributed by atoms with E-state index >= 15 is 0 Å². The van der Waals surface area contributed by atoms with Crippen molar-refractivity contribution in [3.8, 4) is 0 Å². The number of carbonyl (C=O) groups is 1. The highest BCUT2D eigenvalue weighted by Crippen LogP contribution is 2.26. The summed E-state index contributed by atoms with van der Waals surface area (Å²) in [5, 5.41) is 0. The fraction of sp³-hybridized carbons (Fsp3) is 0.444. The number of thioether (sulfide) groups is 1. The van der Waals surface area contributed by atoms with Gasteiger partial charge in [-0.05, 0) is 18.2 Å². The largest absolute Gasteiger partial charge is 0.472 e. The van der Waals surface area contributed by atoms with Crippen LogP contribution in [-0.2, 0) is 0 Å². The van der Waals surface area contributed by atoms with Gasteiger partial charge in [0.25, 0.3) is 0 Å². The Balaban J connectivity index is 2.09. The molecule has 12 heavy (non-hydrogen) atoms. The second-order valence-electron chi connectivity index (χ2n) is 2.94. The molecule has 64 valence electrons. The Morgan fingerprint density at radius 2 is 2.58 bits per heavy atom. The van der Waals surface area contributed by atoms with E-state index in [0.29, 0.717) is 0 Å². The average molecular weight is 182 g/mol. The zero-order valence-electron chi connectivity index (χ0n) is 6.66. The topological polar surface area (TPSA) is 30.2 Å². The first kappa shape index (κ1) is 7.92. The predicted molar refractivity (Wildman–Crippen MR) is 48.5 cm³/mol. The van der Waals surface area contributed by atoms with Gasteiger partial charge < -0.3 is 4.42 Å². The van der Waals surface area contributed by atoms with Crippen LogP contribution in [-0.4, -0.2) is 17.3 Å². The molecule has 0 amide bonds. The third-order valence-corrected chi connectivity index (χ3v) is 3.27. The van der Waals surface area contributed by atoms with Gasteiger partial charge in [0.1, 0.15) is 6.26 Å². The normalized spacial score (nSPS) is 22.8. The van der Waals surface area contributed by atoms with E-state index in [4.69, 9.17) is 4.42 Å². The van der Waals surface area contributed by atoms with Gasteiger partial charge in [-0.25, -0.2) is 0 Å². The van der Waals surface area contributed by atoms with Gasteiger partial charge in [0.05, 0.1) is 11.8 Å². The molecule has 1 fully saturated rings. The molecule has 0 N–H and O–H groups in total. The van der Waals surface area contributed by atoms with E-state index in [1.54, 1.807) is 12.3 Å². The first-order chi connectivity index (χ1) is 5.88. The third-order valence-electron chi connectivity index (χ3n) is 2.11. The first-order valence-electron chi connectivity index (χ1n) is 4.02. The molecule has 1 saturated heterocycles. The minimum atomic E-state index is 0.229. The molecule has 0 aromatic carbocycles. The summed E-state index contributed by atoms with van der Waals surface area (Å²) < 4.78 is 4.87. The molecule has 2 nitrogen and oxygen atoms in total. The summed E-state index contributed by atoms with van der Waals surface area (Å²) in [6.45, 7) is 0. The Kier molecular flexibility index (Phi) is 2.21. The quantitative estimate of drug-likeness (QED) is 0.657. The van der Waals surface area contributed by atoms with Crippen LogP contribution in [0.25, 0.3) is 0 Å². The number of Topliss-reactive ketones (excluding diaryl/α,β-unsaturated/α-hetero) is 1. The monoisotopic (exact) mass is 182 g/mol. The Hall–Kier alpha value is -0.700. The minimum Gasteiger partial charge on any atom is -0.472 e. The van der Waals surface area contributed by atoms with Crippen molar-refractivity contribution in [1.82, 2.24) is 0 Å². The Morgan fingerprint density at radius 1 is 1.67 bits per heavy atom. The van der Waals surface area contributed by atoms with Crippen molar-refractivity contribution in [3.63, 3.8) is 0 Å². The van der Waals surface area contributed by atoms with Crippen molar-refractivity contribution in [3.05, 3.63) is 24.2 Å². The van der Waals surface area contributed by atoms with Crippen LogP contribution in [0.3, 0.4) is 0 Å². The predicted octanol–water partition coefficient (Wildman–Crippen LogP) is 2.22. The fourth-order valence-electron chi connectivity index (χ4n) is 1.38. The van der Waals surface area contributed by atoms with Gasteiger partial charge in [-0.2, -0.15) is 11.8 Å². The number of hydrogen-bond acceptors (Lipinski definition) is 3. The number of carbonyl (C=O) groups excluding carboxylic acids is 1. The molecule has 1 aliphatic rings. The molecule has 0 bridgehead atoms. The minimum absolute atomic E-state index is 0.229. The van der Waals surface area contributed by atoms with E-state index in [1.807, 2.05) is 11.8 Å². The van der Waals surface area contributed by atoms with E-state index in [-0.39, 0.29) is 11.7 Å². The van der Waals surface area contributed by atoms with E-state index < -0.39 is 0 Å². The molecule has 2 rings (SSSR count). The molecule has 0 saturated carbocycles. The van der Waals surface area contributed by atoms with Crippen molar-refractivity contribution in [2.24, 2.45) is 5.92 Å². The molecule has 1 aliphatic heterocycles. The molecular weight excluding hydrogens is 172 g/mol. The molecule has 1 aromatic rings. The van der Waals surface area contributed by atoms with Crippen molar-refractivity contribution in [2.75, 3.05) is 11.5 Å². The molecule has 0 spiro atoms. The number of furan rings is 1. The molecule has 2 heterocycles. The first-order valence-corrected chi connectivity index (χ1v) is 5.17. The van der Waals surface area contributed by atoms with Crippen molar-refractivity contribution in [1.29, 1.82) is 0 Å². The molecule has 0 radical (unpaired) electrons. The van der Waals surface area contributed by atoms with Crippen LogP contribution < -0.4 is 0 Å². The van der Waals surface area contributed by atoms with E-state index in [2.05, 4.69) is 0 Å². The highest BCUT2D eigenvalue weighted by atomic mass is 32.2. The SMILES string of the molecule is O=C(c1ccoc1)C1CCSC1. The summed E-state index contributed by atoms with van der Waals surface area (Å²) in [4.78, 5) is 11.6. The van der Waals surface area contributed by atoms with Gasteiger partial charge in [0.15, 0.2) is 5.78 Å². The van der Waals surface area contributed by atoms with Gasteiger partial charge in [0.2, 0.25) is 0 Å². The maximum absolute atomic E-state index is 11.6. The van der Waals surface area contributed by atoms with E-state index in [9.17, 15) is 4.79 Å². The van der Waals surface area contributed by atoms with E-state index in [1.165, 1.54) is 6.26 Å². The zero-order chi connectivity index (χ0) is 8.39. The summed E-state index contributed by atoms with van der Waals surface area (Å²) in [6.07, 6.45) is 4.11. The Labute approximate surface area is 75.3 Å². The summed E-state index contributed by atoms with van der Waals surface area (Å²) >= 11 is 1.86. The number of ketones is 1. The smallest absolute Gasteiger partial charge is 0.170 e. The lowest BCUT2D eigenvalue weighted by molar-refractivity contribution is 0.0933. The summed E-state index contributed by atoms with van der Waals surface area (Å²) in [5.41, 5.74) is 0.725. The molecule has 1 aromatic heterocycles. The maximum atomic E-state index is 11.6. The highest BCUT2D eigenvalue weighted by Gasteiger charge is 2.24. The second-order valence-corrected chi connectivity index (χ2v) is 4.09. The van der Waals surface area contributed by atoms with Gasteiger partial charge in [-0.3, -0.25) is 4.79 Å². The number of hydrogen-bond donors (Lipinski definition) is 0. The Bertz CT molecular complexity index is 260. The third kappa shape index (κ3) is 1.41. The fourth-order valence-corrected chi connectivity index (χ4v) is 2.60. The lowest BCUT2D eigenvalue weighted by Gasteiger charge is -2.02. The van der Waals surface area contributed by atoms with Crippen molar-refractivity contribution < 1.29 is 9.21 Å². The summed E-state index contributed by atoms with van der Waals surface area (Å²) in [5.74, 6) is 2.57.